The van der Waals surface area contributed by atoms with Gasteiger partial charge in [0.15, 0.2) is 0 Å². The number of nitrogens with one attached hydrogen (secondary N) is 1. The van der Waals surface area contributed by atoms with Gasteiger partial charge in [-0.25, -0.2) is 9.97 Å². The molecule has 0 aliphatic heterocycles. The number of nitrogens with zero attached hydrogens (tertiary/aromatic N) is 2. The van der Waals surface area contributed by atoms with E-state index in [2.05, 4.69) is 15.3 Å². The Balaban J connectivity index is 2.33. The molecule has 0 aliphatic carbocycles. The van der Waals surface area contributed by atoms with E-state index < -0.39 is 11.7 Å². The van der Waals surface area contributed by atoms with Crippen molar-refractivity contribution in [1.82, 2.24) is 9.97 Å². The molecule has 1 aromatic heterocycles. The van der Waals surface area contributed by atoms with Crippen LogP contribution in [-0.2, 0) is 6.18 Å². The van der Waals surface area contributed by atoms with Gasteiger partial charge in [-0.15, -0.1) is 0 Å². The van der Waals surface area contributed by atoms with Crippen LogP contribution >= 0.6 is 0 Å². The summed E-state index contributed by atoms with van der Waals surface area (Å²) >= 11 is 0. The van der Waals surface area contributed by atoms with E-state index in [0.29, 0.717) is 5.82 Å². The first-order valence-electron chi connectivity index (χ1n) is 5.34. The number of alkyl halides is 3. The largest absolute Gasteiger partial charge is 0.438 e. The standard InChI is InChI=1S/C12H10F3N3O/c1-16-10-6-11(18-7-17-10)19-9-5-3-2-4-8(9)12(13,14)15/h2-7H,1H3,(H,16,17,18). The first kappa shape index (κ1) is 13.1. The summed E-state index contributed by atoms with van der Waals surface area (Å²) in [6.45, 7) is 0. The van der Waals surface area contributed by atoms with Crippen LogP contribution in [0.1, 0.15) is 5.56 Å². The van der Waals surface area contributed by atoms with Gasteiger partial charge in [0.2, 0.25) is 5.88 Å². The minimum atomic E-state index is -4.48. The fourth-order valence-electron chi connectivity index (χ4n) is 1.43. The SMILES string of the molecule is CNc1cc(Oc2ccccc2C(F)(F)F)ncn1. The highest BCUT2D eigenvalue weighted by Gasteiger charge is 2.34. The van der Waals surface area contributed by atoms with Crippen LogP contribution in [0.2, 0.25) is 0 Å². The van der Waals surface area contributed by atoms with E-state index in [0.717, 1.165) is 6.07 Å². The molecule has 4 nitrogen and oxygen atoms in total. The highest BCUT2D eigenvalue weighted by atomic mass is 19.4. The van der Waals surface area contributed by atoms with Crippen LogP contribution in [0.3, 0.4) is 0 Å². The number of anilines is 1. The van der Waals surface area contributed by atoms with E-state index in [1.165, 1.54) is 30.6 Å². The molecule has 1 heterocycles. The molecule has 0 spiro atoms. The molecule has 1 aromatic carbocycles. The maximum Gasteiger partial charge on any atom is 0.419 e. The lowest BCUT2D eigenvalue weighted by Crippen LogP contribution is -2.07. The summed E-state index contributed by atoms with van der Waals surface area (Å²) in [5.41, 5.74) is -0.848. The van der Waals surface area contributed by atoms with Gasteiger partial charge in [0, 0.05) is 13.1 Å². The third-order valence-corrected chi connectivity index (χ3v) is 2.31. The topological polar surface area (TPSA) is 47.0 Å². The third-order valence-electron chi connectivity index (χ3n) is 2.31. The van der Waals surface area contributed by atoms with Crippen LogP contribution < -0.4 is 10.1 Å². The molecule has 0 saturated carbocycles. The molecular weight excluding hydrogens is 259 g/mol. The van der Waals surface area contributed by atoms with Crippen LogP contribution in [0.15, 0.2) is 36.7 Å². The molecule has 2 rings (SSSR count). The minimum absolute atomic E-state index is 0.0380. The maximum atomic E-state index is 12.8. The van der Waals surface area contributed by atoms with Gasteiger partial charge < -0.3 is 10.1 Å². The summed E-state index contributed by atoms with van der Waals surface area (Å²) in [5.74, 6) is 0.196. The minimum Gasteiger partial charge on any atom is -0.438 e. The lowest BCUT2D eigenvalue weighted by molar-refractivity contribution is -0.138. The van der Waals surface area contributed by atoms with Gasteiger partial charge >= 0.3 is 6.18 Å². The molecule has 0 radical (unpaired) electrons. The number of rotatable bonds is 3. The molecule has 0 unspecified atom stereocenters. The average Bonchev–Trinajstić information content (AvgIpc) is 2.38. The summed E-state index contributed by atoms with van der Waals surface area (Å²) in [6, 6.07) is 6.37. The Morgan fingerprint density at radius 3 is 2.58 bits per heavy atom. The molecule has 0 aliphatic rings. The molecule has 0 atom stereocenters. The zero-order valence-electron chi connectivity index (χ0n) is 9.90. The van der Waals surface area contributed by atoms with Gasteiger partial charge in [-0.05, 0) is 12.1 Å². The number of halogens is 3. The van der Waals surface area contributed by atoms with E-state index in [-0.39, 0.29) is 11.6 Å². The zero-order valence-corrected chi connectivity index (χ0v) is 9.90. The highest BCUT2D eigenvalue weighted by Crippen LogP contribution is 2.37. The number of benzene rings is 1. The normalized spacial score (nSPS) is 11.2. The van der Waals surface area contributed by atoms with Crippen molar-refractivity contribution >= 4 is 5.82 Å². The Hall–Kier alpha value is -2.31. The fraction of sp³-hybridized carbons (Fsp3) is 0.167. The molecule has 0 fully saturated rings. The molecule has 0 saturated heterocycles. The maximum absolute atomic E-state index is 12.8. The molecule has 100 valence electrons. The first-order valence-corrected chi connectivity index (χ1v) is 5.34. The third kappa shape index (κ3) is 3.12. The molecule has 0 bridgehead atoms. The van der Waals surface area contributed by atoms with Crippen LogP contribution in [0.25, 0.3) is 0 Å². The lowest BCUT2D eigenvalue weighted by atomic mass is 10.2. The van der Waals surface area contributed by atoms with E-state index in [9.17, 15) is 13.2 Å². The second-order valence-corrected chi connectivity index (χ2v) is 3.59. The Morgan fingerprint density at radius 1 is 1.16 bits per heavy atom. The van der Waals surface area contributed by atoms with Crippen molar-refractivity contribution in [3.05, 3.63) is 42.2 Å². The smallest absolute Gasteiger partial charge is 0.419 e. The molecule has 1 N–H and O–H groups in total. The molecule has 7 heteroatoms. The lowest BCUT2D eigenvalue weighted by Gasteiger charge is -2.12. The van der Waals surface area contributed by atoms with E-state index in [1.807, 2.05) is 0 Å². The predicted octanol–water partition coefficient (Wildman–Crippen LogP) is 3.33. The van der Waals surface area contributed by atoms with Gasteiger partial charge in [-0.2, -0.15) is 13.2 Å². The van der Waals surface area contributed by atoms with Crippen molar-refractivity contribution in [2.24, 2.45) is 0 Å². The van der Waals surface area contributed by atoms with Crippen LogP contribution in [0.5, 0.6) is 11.6 Å². The van der Waals surface area contributed by atoms with Crippen molar-refractivity contribution < 1.29 is 17.9 Å². The van der Waals surface area contributed by atoms with Crippen LogP contribution in [-0.4, -0.2) is 17.0 Å². The Bertz CT molecular complexity index is 572. The van der Waals surface area contributed by atoms with Gasteiger partial charge in [-0.1, -0.05) is 12.1 Å². The first-order chi connectivity index (χ1) is 9.00. The molecular formula is C12H10F3N3O. The van der Waals surface area contributed by atoms with Crippen LogP contribution in [0.4, 0.5) is 19.0 Å². The van der Waals surface area contributed by atoms with E-state index in [1.54, 1.807) is 7.05 Å². The summed E-state index contributed by atoms with van der Waals surface area (Å²) < 4.78 is 43.5. The van der Waals surface area contributed by atoms with Gasteiger partial charge in [0.1, 0.15) is 17.9 Å². The monoisotopic (exact) mass is 269 g/mol. The summed E-state index contributed by atoms with van der Waals surface area (Å²) in [6.07, 6.45) is -3.27. The Labute approximate surface area is 107 Å². The molecule has 0 amide bonds. The van der Waals surface area contributed by atoms with Crippen molar-refractivity contribution in [2.75, 3.05) is 12.4 Å². The average molecular weight is 269 g/mol. The van der Waals surface area contributed by atoms with Crippen molar-refractivity contribution in [3.8, 4) is 11.6 Å². The quantitative estimate of drug-likeness (QED) is 0.928. The number of ether oxygens (including phenoxy) is 1. The molecule has 19 heavy (non-hydrogen) atoms. The number of hydrogen-bond acceptors (Lipinski definition) is 4. The zero-order chi connectivity index (χ0) is 13.9. The van der Waals surface area contributed by atoms with Crippen LogP contribution in [0, 0.1) is 0 Å². The van der Waals surface area contributed by atoms with Gasteiger partial charge in [-0.3, -0.25) is 0 Å². The highest BCUT2D eigenvalue weighted by molar-refractivity contribution is 5.41. The van der Waals surface area contributed by atoms with Crippen molar-refractivity contribution in [1.29, 1.82) is 0 Å². The summed E-state index contributed by atoms with van der Waals surface area (Å²) in [7, 11) is 1.63. The number of hydrogen-bond donors (Lipinski definition) is 1. The number of aromatic nitrogens is 2. The van der Waals surface area contributed by atoms with Gasteiger partial charge in [0.05, 0.1) is 5.56 Å². The van der Waals surface area contributed by atoms with Crippen molar-refractivity contribution in [3.63, 3.8) is 0 Å². The Kier molecular flexibility index (Phi) is 3.55. The Morgan fingerprint density at radius 2 is 1.89 bits per heavy atom. The van der Waals surface area contributed by atoms with Crippen molar-refractivity contribution in [2.45, 2.75) is 6.18 Å². The van der Waals surface area contributed by atoms with E-state index >= 15 is 0 Å². The summed E-state index contributed by atoms with van der Waals surface area (Å²) in [4.78, 5) is 7.61. The summed E-state index contributed by atoms with van der Waals surface area (Å²) in [5, 5.41) is 2.74. The predicted molar refractivity (Wildman–Crippen MR) is 63.1 cm³/mol. The second kappa shape index (κ2) is 5.13. The fourth-order valence-corrected chi connectivity index (χ4v) is 1.43. The second-order valence-electron chi connectivity index (χ2n) is 3.59. The van der Waals surface area contributed by atoms with Gasteiger partial charge in [0.25, 0.3) is 0 Å². The molecule has 2 aromatic rings. The van der Waals surface area contributed by atoms with E-state index in [4.69, 9.17) is 4.74 Å². The number of para-hydroxylation sites is 1.